The van der Waals surface area contributed by atoms with E-state index in [2.05, 4.69) is 13.8 Å². The van der Waals surface area contributed by atoms with Crippen LogP contribution in [0.25, 0.3) is 0 Å². The zero-order valence-corrected chi connectivity index (χ0v) is 13.6. The second kappa shape index (κ2) is 10.5. The third-order valence-corrected chi connectivity index (χ3v) is 3.41. The van der Waals surface area contributed by atoms with Crippen molar-refractivity contribution >= 4 is 11.9 Å². The number of esters is 2. The summed E-state index contributed by atoms with van der Waals surface area (Å²) >= 11 is 0. The van der Waals surface area contributed by atoms with Gasteiger partial charge in [0.1, 0.15) is 0 Å². The SMILES string of the molecule is CCCCC(CC)COC(=O)/C=C/C(=O)Oc1ccccc1F. The van der Waals surface area contributed by atoms with E-state index in [0.29, 0.717) is 12.5 Å². The van der Waals surface area contributed by atoms with Gasteiger partial charge in [-0.1, -0.05) is 45.2 Å². The molecule has 1 rings (SSSR count). The topological polar surface area (TPSA) is 52.6 Å². The number of para-hydroxylation sites is 1. The normalized spacial score (nSPS) is 12.1. The molecular formula is C18H23FO4. The lowest BCUT2D eigenvalue weighted by Gasteiger charge is -2.13. The molecule has 1 aromatic rings. The Morgan fingerprint density at radius 2 is 1.87 bits per heavy atom. The molecule has 0 spiro atoms. The minimum absolute atomic E-state index is 0.180. The quantitative estimate of drug-likeness (QED) is 0.391. The first-order valence-corrected chi connectivity index (χ1v) is 7.88. The Balaban J connectivity index is 2.39. The summed E-state index contributed by atoms with van der Waals surface area (Å²) in [6, 6.07) is 5.55. The van der Waals surface area contributed by atoms with Crippen molar-refractivity contribution in [1.82, 2.24) is 0 Å². The molecule has 5 heteroatoms. The molecule has 23 heavy (non-hydrogen) atoms. The molecule has 0 N–H and O–H groups in total. The Labute approximate surface area is 136 Å². The van der Waals surface area contributed by atoms with Crippen LogP contribution in [0.3, 0.4) is 0 Å². The number of carbonyl (C=O) groups is 2. The lowest BCUT2D eigenvalue weighted by atomic mass is 10.0. The molecule has 0 aromatic heterocycles. The number of halogens is 1. The molecule has 0 radical (unpaired) electrons. The Bertz CT molecular complexity index is 540. The zero-order valence-electron chi connectivity index (χ0n) is 13.6. The molecule has 0 amide bonds. The standard InChI is InChI=1S/C18H23FO4/c1-3-5-8-14(4-2)13-22-17(20)11-12-18(21)23-16-10-7-6-9-15(16)19/h6-7,9-12,14H,3-5,8,13H2,1-2H3/b12-11+. The number of hydrogen-bond acceptors (Lipinski definition) is 4. The van der Waals surface area contributed by atoms with Gasteiger partial charge in [0.05, 0.1) is 6.61 Å². The van der Waals surface area contributed by atoms with Gasteiger partial charge >= 0.3 is 11.9 Å². The van der Waals surface area contributed by atoms with Gasteiger partial charge in [-0.2, -0.15) is 0 Å². The van der Waals surface area contributed by atoms with E-state index in [1.807, 2.05) is 0 Å². The molecule has 0 saturated heterocycles. The molecule has 0 saturated carbocycles. The van der Waals surface area contributed by atoms with Crippen LogP contribution in [-0.2, 0) is 14.3 Å². The number of unbranched alkanes of at least 4 members (excludes halogenated alkanes) is 1. The molecular weight excluding hydrogens is 299 g/mol. The highest BCUT2D eigenvalue weighted by Gasteiger charge is 2.10. The summed E-state index contributed by atoms with van der Waals surface area (Å²) in [5, 5.41) is 0. The summed E-state index contributed by atoms with van der Waals surface area (Å²) in [5.74, 6) is -1.92. The second-order valence-electron chi connectivity index (χ2n) is 5.23. The summed E-state index contributed by atoms with van der Waals surface area (Å²) in [7, 11) is 0. The van der Waals surface area contributed by atoms with Crippen LogP contribution in [0.15, 0.2) is 36.4 Å². The van der Waals surface area contributed by atoms with Crippen LogP contribution in [-0.4, -0.2) is 18.5 Å². The number of rotatable bonds is 9. The number of carbonyl (C=O) groups excluding carboxylic acids is 2. The van der Waals surface area contributed by atoms with Gasteiger partial charge in [0.25, 0.3) is 0 Å². The first-order chi connectivity index (χ1) is 11.1. The maximum atomic E-state index is 13.3. The number of hydrogen-bond donors (Lipinski definition) is 0. The molecule has 126 valence electrons. The van der Waals surface area contributed by atoms with Crippen molar-refractivity contribution in [3.05, 3.63) is 42.2 Å². The van der Waals surface area contributed by atoms with Crippen LogP contribution in [0.2, 0.25) is 0 Å². The molecule has 0 aliphatic carbocycles. The van der Waals surface area contributed by atoms with Crippen LogP contribution in [0.5, 0.6) is 5.75 Å². The van der Waals surface area contributed by atoms with Crippen LogP contribution >= 0.6 is 0 Å². The predicted octanol–water partition coefficient (Wildman–Crippen LogP) is 4.05. The van der Waals surface area contributed by atoms with E-state index in [1.165, 1.54) is 18.2 Å². The summed E-state index contributed by atoms with van der Waals surface area (Å²) < 4.78 is 23.2. The van der Waals surface area contributed by atoms with E-state index in [4.69, 9.17) is 9.47 Å². The summed E-state index contributed by atoms with van der Waals surface area (Å²) in [5.41, 5.74) is 0. The van der Waals surface area contributed by atoms with Gasteiger partial charge in [-0.15, -0.1) is 0 Å². The van der Waals surface area contributed by atoms with Crippen LogP contribution < -0.4 is 4.74 Å². The van der Waals surface area contributed by atoms with E-state index in [9.17, 15) is 14.0 Å². The monoisotopic (exact) mass is 322 g/mol. The smallest absolute Gasteiger partial charge is 0.336 e. The molecule has 0 bridgehead atoms. The Morgan fingerprint density at radius 3 is 2.52 bits per heavy atom. The summed E-state index contributed by atoms with van der Waals surface area (Å²) in [6.07, 6.45) is 6.08. The molecule has 1 aromatic carbocycles. The third-order valence-electron chi connectivity index (χ3n) is 3.41. The summed E-state index contributed by atoms with van der Waals surface area (Å²) in [4.78, 5) is 23.1. The fourth-order valence-electron chi connectivity index (χ4n) is 1.95. The van der Waals surface area contributed by atoms with Crippen LogP contribution in [0.4, 0.5) is 4.39 Å². The molecule has 0 fully saturated rings. The van der Waals surface area contributed by atoms with Crippen molar-refractivity contribution in [2.45, 2.75) is 39.5 Å². The van der Waals surface area contributed by atoms with Gasteiger partial charge in [0.2, 0.25) is 0 Å². The van der Waals surface area contributed by atoms with E-state index < -0.39 is 17.8 Å². The third kappa shape index (κ3) is 7.58. The minimum Gasteiger partial charge on any atom is -0.462 e. The van der Waals surface area contributed by atoms with Crippen molar-refractivity contribution in [3.8, 4) is 5.75 Å². The second-order valence-corrected chi connectivity index (χ2v) is 5.23. The molecule has 0 heterocycles. The molecule has 1 atom stereocenters. The van der Waals surface area contributed by atoms with Gasteiger partial charge in [0, 0.05) is 12.2 Å². The van der Waals surface area contributed by atoms with Crippen LogP contribution in [0.1, 0.15) is 39.5 Å². The van der Waals surface area contributed by atoms with Gasteiger partial charge in [-0.3, -0.25) is 0 Å². The highest BCUT2D eigenvalue weighted by Crippen LogP contribution is 2.15. The maximum Gasteiger partial charge on any atom is 0.336 e. The van der Waals surface area contributed by atoms with Gasteiger partial charge < -0.3 is 9.47 Å². The lowest BCUT2D eigenvalue weighted by Crippen LogP contribution is -2.13. The molecule has 0 aliphatic heterocycles. The van der Waals surface area contributed by atoms with E-state index >= 15 is 0 Å². The van der Waals surface area contributed by atoms with Gasteiger partial charge in [0.15, 0.2) is 11.6 Å². The molecule has 0 aliphatic rings. The maximum absolute atomic E-state index is 13.3. The fourth-order valence-corrected chi connectivity index (χ4v) is 1.95. The van der Waals surface area contributed by atoms with Crippen molar-refractivity contribution in [2.24, 2.45) is 5.92 Å². The molecule has 1 unspecified atom stereocenters. The van der Waals surface area contributed by atoms with Crippen molar-refractivity contribution in [3.63, 3.8) is 0 Å². The highest BCUT2D eigenvalue weighted by molar-refractivity contribution is 5.92. The van der Waals surface area contributed by atoms with E-state index in [-0.39, 0.29) is 5.75 Å². The fraction of sp³-hybridized carbons (Fsp3) is 0.444. The molecule has 4 nitrogen and oxygen atoms in total. The number of benzene rings is 1. The van der Waals surface area contributed by atoms with E-state index in [1.54, 1.807) is 6.07 Å². The van der Waals surface area contributed by atoms with Crippen molar-refractivity contribution < 1.29 is 23.5 Å². The average Bonchev–Trinajstić information content (AvgIpc) is 2.55. The van der Waals surface area contributed by atoms with Crippen LogP contribution in [0, 0.1) is 11.7 Å². The Morgan fingerprint density at radius 1 is 1.17 bits per heavy atom. The largest absolute Gasteiger partial charge is 0.462 e. The zero-order chi connectivity index (χ0) is 17.1. The predicted molar refractivity (Wildman–Crippen MR) is 85.4 cm³/mol. The Hall–Kier alpha value is -2.17. The Kier molecular flexibility index (Phi) is 8.65. The minimum atomic E-state index is -0.829. The lowest BCUT2D eigenvalue weighted by molar-refractivity contribution is -0.139. The average molecular weight is 322 g/mol. The van der Waals surface area contributed by atoms with Crippen molar-refractivity contribution in [2.75, 3.05) is 6.61 Å². The van der Waals surface area contributed by atoms with E-state index in [0.717, 1.165) is 37.8 Å². The van der Waals surface area contributed by atoms with Gasteiger partial charge in [-0.25, -0.2) is 14.0 Å². The van der Waals surface area contributed by atoms with Gasteiger partial charge in [-0.05, 0) is 24.5 Å². The van der Waals surface area contributed by atoms with Crippen molar-refractivity contribution in [1.29, 1.82) is 0 Å². The highest BCUT2D eigenvalue weighted by atomic mass is 19.1. The first-order valence-electron chi connectivity index (χ1n) is 7.88. The summed E-state index contributed by atoms with van der Waals surface area (Å²) in [6.45, 7) is 4.50. The number of ether oxygens (including phenoxy) is 2. The first kappa shape index (κ1) is 18.9.